The molecule has 2 rings (SSSR count). The van der Waals surface area contributed by atoms with Crippen LogP contribution in [0.3, 0.4) is 0 Å². The van der Waals surface area contributed by atoms with Crippen LogP contribution in [0.25, 0.3) is 0 Å². The summed E-state index contributed by atoms with van der Waals surface area (Å²) in [5.41, 5.74) is 2.47. The predicted octanol–water partition coefficient (Wildman–Crippen LogP) is 3.24. The van der Waals surface area contributed by atoms with E-state index in [9.17, 15) is 0 Å². The fourth-order valence-corrected chi connectivity index (χ4v) is 2.44. The lowest BCUT2D eigenvalue weighted by Gasteiger charge is -2.16. The van der Waals surface area contributed by atoms with Gasteiger partial charge < -0.3 is 9.47 Å². The highest BCUT2D eigenvalue weighted by atomic mass is 16.5. The minimum Gasteiger partial charge on any atom is -0.374 e. The molecule has 2 heterocycles. The van der Waals surface area contributed by atoms with Crippen LogP contribution < -0.4 is 0 Å². The van der Waals surface area contributed by atoms with Crippen molar-refractivity contribution >= 4 is 0 Å². The molecule has 0 saturated carbocycles. The van der Waals surface area contributed by atoms with Gasteiger partial charge in [0.15, 0.2) is 0 Å². The van der Waals surface area contributed by atoms with E-state index in [1.807, 2.05) is 0 Å². The van der Waals surface area contributed by atoms with Gasteiger partial charge in [0.25, 0.3) is 0 Å². The lowest BCUT2D eigenvalue weighted by Crippen LogP contribution is -2.11. The molecule has 2 unspecified atom stereocenters. The summed E-state index contributed by atoms with van der Waals surface area (Å²) >= 11 is 0. The summed E-state index contributed by atoms with van der Waals surface area (Å²) in [6, 6.07) is 0. The average molecular weight is 222 g/mol. The van der Waals surface area contributed by atoms with Gasteiger partial charge in [-0.2, -0.15) is 0 Å². The van der Waals surface area contributed by atoms with E-state index in [1.165, 1.54) is 24.0 Å². The summed E-state index contributed by atoms with van der Waals surface area (Å²) < 4.78 is 11.2. The van der Waals surface area contributed by atoms with Crippen molar-refractivity contribution in [2.75, 3.05) is 13.2 Å². The van der Waals surface area contributed by atoms with Crippen molar-refractivity contribution in [3.63, 3.8) is 0 Å². The van der Waals surface area contributed by atoms with Crippen LogP contribution in [0, 0.1) is 0 Å². The lowest BCUT2D eigenvalue weighted by molar-refractivity contribution is 0.129. The molecule has 0 aromatic carbocycles. The molecule has 90 valence electrons. The molecule has 0 aromatic heterocycles. The Bertz CT molecular complexity index is 230. The Hall–Kier alpha value is -0.600. The van der Waals surface area contributed by atoms with Crippen LogP contribution in [0.2, 0.25) is 0 Å². The van der Waals surface area contributed by atoms with Crippen LogP contribution in [0.1, 0.15) is 38.5 Å². The highest BCUT2D eigenvalue weighted by Crippen LogP contribution is 2.26. The maximum atomic E-state index is 5.61. The maximum absolute atomic E-state index is 5.61. The van der Waals surface area contributed by atoms with Crippen molar-refractivity contribution in [2.24, 2.45) is 0 Å². The fraction of sp³-hybridized carbons (Fsp3) is 0.714. The molecule has 0 radical (unpaired) electrons. The zero-order valence-corrected chi connectivity index (χ0v) is 10.0. The van der Waals surface area contributed by atoms with Gasteiger partial charge in [-0.1, -0.05) is 13.2 Å². The van der Waals surface area contributed by atoms with Crippen molar-refractivity contribution in [1.29, 1.82) is 0 Å². The maximum Gasteiger partial charge on any atom is 0.0783 e. The molecule has 2 nitrogen and oxygen atoms in total. The fourth-order valence-electron chi connectivity index (χ4n) is 2.44. The Morgan fingerprint density at radius 3 is 1.62 bits per heavy atom. The monoisotopic (exact) mass is 222 g/mol. The Morgan fingerprint density at radius 2 is 1.31 bits per heavy atom. The molecule has 0 aromatic rings. The van der Waals surface area contributed by atoms with Gasteiger partial charge in [-0.25, -0.2) is 0 Å². The molecule has 2 aliphatic heterocycles. The summed E-state index contributed by atoms with van der Waals surface area (Å²) in [5, 5.41) is 0. The first-order valence-electron chi connectivity index (χ1n) is 6.36. The van der Waals surface area contributed by atoms with Crippen LogP contribution in [-0.4, -0.2) is 25.4 Å². The summed E-state index contributed by atoms with van der Waals surface area (Å²) in [7, 11) is 0. The number of hydrogen-bond acceptors (Lipinski definition) is 2. The molecular formula is C14H22O2. The highest BCUT2D eigenvalue weighted by Gasteiger charge is 2.21. The van der Waals surface area contributed by atoms with Gasteiger partial charge in [-0.3, -0.25) is 0 Å². The van der Waals surface area contributed by atoms with E-state index in [4.69, 9.17) is 9.47 Å². The van der Waals surface area contributed by atoms with Crippen LogP contribution in [0.5, 0.6) is 0 Å². The Morgan fingerprint density at radius 1 is 0.875 bits per heavy atom. The van der Waals surface area contributed by atoms with Crippen molar-refractivity contribution in [1.82, 2.24) is 0 Å². The van der Waals surface area contributed by atoms with Gasteiger partial charge >= 0.3 is 0 Å². The molecule has 2 atom stereocenters. The van der Waals surface area contributed by atoms with Crippen LogP contribution >= 0.6 is 0 Å². The summed E-state index contributed by atoms with van der Waals surface area (Å²) in [5.74, 6) is 0. The number of ether oxygens (including phenoxy) is 2. The van der Waals surface area contributed by atoms with E-state index in [0.29, 0.717) is 12.2 Å². The van der Waals surface area contributed by atoms with Crippen LogP contribution in [0.4, 0.5) is 0 Å². The van der Waals surface area contributed by atoms with Gasteiger partial charge in [0.2, 0.25) is 0 Å². The molecular weight excluding hydrogens is 200 g/mol. The molecule has 0 aliphatic carbocycles. The van der Waals surface area contributed by atoms with Crippen molar-refractivity contribution in [3.05, 3.63) is 24.3 Å². The molecule has 2 aliphatic rings. The second-order valence-electron chi connectivity index (χ2n) is 4.82. The van der Waals surface area contributed by atoms with Crippen LogP contribution in [0.15, 0.2) is 24.3 Å². The minimum atomic E-state index is 0.303. The van der Waals surface area contributed by atoms with Gasteiger partial charge in [0, 0.05) is 13.2 Å². The molecule has 2 fully saturated rings. The second kappa shape index (κ2) is 5.65. The van der Waals surface area contributed by atoms with Gasteiger partial charge in [-0.15, -0.1) is 0 Å². The first-order valence-corrected chi connectivity index (χ1v) is 6.36. The average Bonchev–Trinajstić information content (AvgIpc) is 2.95. The smallest absolute Gasteiger partial charge is 0.0783 e. The third kappa shape index (κ3) is 2.96. The van der Waals surface area contributed by atoms with Crippen LogP contribution in [-0.2, 0) is 9.47 Å². The van der Waals surface area contributed by atoms with Gasteiger partial charge in [0.05, 0.1) is 12.2 Å². The van der Waals surface area contributed by atoms with E-state index in [0.717, 1.165) is 38.9 Å². The van der Waals surface area contributed by atoms with Gasteiger partial charge in [-0.05, 0) is 49.7 Å². The quantitative estimate of drug-likeness (QED) is 0.665. The summed E-state index contributed by atoms with van der Waals surface area (Å²) in [6.07, 6.45) is 7.25. The summed E-state index contributed by atoms with van der Waals surface area (Å²) in [4.78, 5) is 0. The predicted molar refractivity (Wildman–Crippen MR) is 65.5 cm³/mol. The first kappa shape index (κ1) is 11.9. The Labute approximate surface area is 98.3 Å². The Balaban J connectivity index is 1.69. The molecule has 2 saturated heterocycles. The van der Waals surface area contributed by atoms with Crippen molar-refractivity contribution in [3.8, 4) is 0 Å². The van der Waals surface area contributed by atoms with E-state index < -0.39 is 0 Å². The molecule has 16 heavy (non-hydrogen) atoms. The van der Waals surface area contributed by atoms with E-state index in [-0.39, 0.29) is 0 Å². The molecule has 0 bridgehead atoms. The molecule has 2 heteroatoms. The Kier molecular flexibility index (Phi) is 4.19. The molecule has 0 amide bonds. The lowest BCUT2D eigenvalue weighted by atomic mass is 9.97. The number of hydrogen-bond donors (Lipinski definition) is 0. The summed E-state index contributed by atoms with van der Waals surface area (Å²) in [6.45, 7) is 10.1. The normalized spacial score (nSPS) is 29.5. The van der Waals surface area contributed by atoms with E-state index >= 15 is 0 Å². The minimum absolute atomic E-state index is 0.303. The first-order chi connectivity index (χ1) is 7.77. The second-order valence-corrected chi connectivity index (χ2v) is 4.82. The molecule has 0 spiro atoms. The third-order valence-electron chi connectivity index (χ3n) is 3.54. The van der Waals surface area contributed by atoms with Gasteiger partial charge in [0.1, 0.15) is 0 Å². The zero-order valence-electron chi connectivity index (χ0n) is 10.0. The van der Waals surface area contributed by atoms with Crippen molar-refractivity contribution < 1.29 is 9.47 Å². The highest BCUT2D eigenvalue weighted by molar-refractivity contribution is 5.11. The topological polar surface area (TPSA) is 18.5 Å². The zero-order chi connectivity index (χ0) is 11.4. The van der Waals surface area contributed by atoms with E-state index in [2.05, 4.69) is 13.2 Å². The van der Waals surface area contributed by atoms with E-state index in [1.54, 1.807) is 0 Å². The largest absolute Gasteiger partial charge is 0.374 e. The third-order valence-corrected chi connectivity index (χ3v) is 3.54. The standard InChI is InChI=1S/C14H22O2/c1-11(13-5-3-9-15-13)7-8-12(2)14-6-4-10-16-14/h13-14H,1-10H2. The number of rotatable bonds is 5. The SMILES string of the molecule is C=C(CCC(=C)C1CCCO1)C1CCCO1. The van der Waals surface area contributed by atoms with Crippen molar-refractivity contribution in [2.45, 2.75) is 50.7 Å². The molecule has 0 N–H and O–H groups in total.